The SMILES string of the molecule is CCOC(=O)c1nnc(SC2CC3CCC2C3)o1. The van der Waals surface area contributed by atoms with E-state index in [4.69, 9.17) is 9.15 Å². The van der Waals surface area contributed by atoms with Gasteiger partial charge in [-0.1, -0.05) is 23.3 Å². The Morgan fingerprint density at radius 1 is 1.44 bits per heavy atom. The average Bonchev–Trinajstić information content (AvgIpc) is 3.04. The van der Waals surface area contributed by atoms with Gasteiger partial charge in [0.05, 0.1) is 6.61 Å². The summed E-state index contributed by atoms with van der Waals surface area (Å²) in [6.45, 7) is 2.06. The molecule has 0 N–H and O–H groups in total. The molecule has 1 heterocycles. The quantitative estimate of drug-likeness (QED) is 0.782. The fourth-order valence-electron chi connectivity index (χ4n) is 2.99. The minimum Gasteiger partial charge on any atom is -0.459 e. The molecule has 0 saturated heterocycles. The summed E-state index contributed by atoms with van der Waals surface area (Å²) in [6.07, 6.45) is 5.28. The monoisotopic (exact) mass is 268 g/mol. The van der Waals surface area contributed by atoms with Gasteiger partial charge in [-0.3, -0.25) is 0 Å². The maximum Gasteiger partial charge on any atom is 0.396 e. The molecule has 2 aliphatic rings. The first-order chi connectivity index (χ1) is 8.76. The standard InChI is InChI=1S/C12H16N2O3S/c1-2-16-11(15)10-13-14-12(17-10)18-9-6-7-3-4-8(9)5-7/h7-9H,2-6H2,1H3. The molecule has 2 saturated carbocycles. The molecule has 2 fully saturated rings. The van der Waals surface area contributed by atoms with Crippen molar-refractivity contribution in [3.63, 3.8) is 0 Å². The number of aromatic nitrogens is 2. The Labute approximate surface area is 110 Å². The summed E-state index contributed by atoms with van der Waals surface area (Å²) in [5.41, 5.74) is 0. The Morgan fingerprint density at radius 3 is 3.00 bits per heavy atom. The molecule has 0 aromatic carbocycles. The van der Waals surface area contributed by atoms with Gasteiger partial charge in [0.25, 0.3) is 5.22 Å². The van der Waals surface area contributed by atoms with Crippen LogP contribution in [0, 0.1) is 11.8 Å². The van der Waals surface area contributed by atoms with Crippen LogP contribution in [0.1, 0.15) is 43.3 Å². The number of nitrogens with zero attached hydrogens (tertiary/aromatic N) is 2. The molecular formula is C12H16N2O3S. The second-order valence-corrected chi connectivity index (χ2v) is 6.12. The van der Waals surface area contributed by atoms with Crippen molar-refractivity contribution < 1.29 is 13.9 Å². The largest absolute Gasteiger partial charge is 0.459 e. The third-order valence-electron chi connectivity index (χ3n) is 3.78. The Bertz CT molecular complexity index is 448. The Hall–Kier alpha value is -1.04. The van der Waals surface area contributed by atoms with Crippen LogP contribution in [-0.2, 0) is 4.74 Å². The van der Waals surface area contributed by atoms with Gasteiger partial charge in [-0.05, 0) is 38.0 Å². The van der Waals surface area contributed by atoms with E-state index in [0.717, 1.165) is 11.8 Å². The normalized spacial score (nSPS) is 29.7. The van der Waals surface area contributed by atoms with Crippen molar-refractivity contribution in [3.8, 4) is 0 Å². The maximum absolute atomic E-state index is 11.4. The Balaban J connectivity index is 1.62. The molecule has 0 radical (unpaired) electrons. The van der Waals surface area contributed by atoms with Crippen LogP contribution in [0.15, 0.2) is 9.64 Å². The summed E-state index contributed by atoms with van der Waals surface area (Å²) < 4.78 is 10.1. The van der Waals surface area contributed by atoms with Crippen LogP contribution in [0.25, 0.3) is 0 Å². The van der Waals surface area contributed by atoms with E-state index in [9.17, 15) is 4.79 Å². The lowest BCUT2D eigenvalue weighted by Gasteiger charge is -2.18. The van der Waals surface area contributed by atoms with Gasteiger partial charge in [-0.2, -0.15) is 0 Å². The number of rotatable bonds is 4. The van der Waals surface area contributed by atoms with E-state index in [1.807, 2.05) is 0 Å². The van der Waals surface area contributed by atoms with E-state index in [0.29, 0.717) is 17.1 Å². The molecule has 3 unspecified atom stereocenters. The highest BCUT2D eigenvalue weighted by Gasteiger charge is 2.40. The average molecular weight is 268 g/mol. The minimum atomic E-state index is -0.537. The fourth-order valence-corrected chi connectivity index (χ4v) is 4.27. The van der Waals surface area contributed by atoms with Crippen LogP contribution in [0.2, 0.25) is 0 Å². The van der Waals surface area contributed by atoms with Crippen LogP contribution in [0.4, 0.5) is 0 Å². The van der Waals surface area contributed by atoms with Gasteiger partial charge in [-0.25, -0.2) is 4.79 Å². The molecule has 2 aliphatic carbocycles. The number of hydrogen-bond acceptors (Lipinski definition) is 6. The van der Waals surface area contributed by atoms with E-state index >= 15 is 0 Å². The number of carbonyl (C=O) groups is 1. The number of ether oxygens (including phenoxy) is 1. The number of hydrogen-bond donors (Lipinski definition) is 0. The summed E-state index contributed by atoms with van der Waals surface area (Å²) in [5.74, 6) is 1.10. The predicted molar refractivity (Wildman–Crippen MR) is 65.3 cm³/mol. The lowest BCUT2D eigenvalue weighted by molar-refractivity contribution is 0.0475. The van der Waals surface area contributed by atoms with Crippen molar-refractivity contribution >= 4 is 17.7 Å². The second-order valence-electron chi connectivity index (χ2n) is 4.92. The summed E-state index contributed by atoms with van der Waals surface area (Å²) in [6, 6.07) is 0. The molecule has 3 atom stereocenters. The van der Waals surface area contributed by atoms with E-state index in [1.54, 1.807) is 18.7 Å². The first-order valence-corrected chi connectivity index (χ1v) is 7.31. The van der Waals surface area contributed by atoms with E-state index in [-0.39, 0.29) is 5.89 Å². The van der Waals surface area contributed by atoms with Gasteiger partial charge >= 0.3 is 11.9 Å². The fraction of sp³-hybridized carbons (Fsp3) is 0.750. The zero-order valence-electron chi connectivity index (χ0n) is 10.3. The van der Waals surface area contributed by atoms with Gasteiger partial charge in [0.1, 0.15) is 0 Å². The first kappa shape index (κ1) is 12.0. The lowest BCUT2D eigenvalue weighted by Crippen LogP contribution is -2.12. The molecule has 6 heteroatoms. The van der Waals surface area contributed by atoms with Crippen LogP contribution in [-0.4, -0.2) is 28.0 Å². The van der Waals surface area contributed by atoms with Crippen molar-refractivity contribution in [1.82, 2.24) is 10.2 Å². The van der Waals surface area contributed by atoms with E-state index < -0.39 is 5.97 Å². The lowest BCUT2D eigenvalue weighted by atomic mass is 10.0. The van der Waals surface area contributed by atoms with Crippen molar-refractivity contribution in [2.24, 2.45) is 11.8 Å². The Morgan fingerprint density at radius 2 is 2.33 bits per heavy atom. The highest BCUT2D eigenvalue weighted by Crippen LogP contribution is 2.50. The van der Waals surface area contributed by atoms with Crippen LogP contribution in [0.3, 0.4) is 0 Å². The molecule has 18 heavy (non-hydrogen) atoms. The smallest absolute Gasteiger partial charge is 0.396 e. The molecule has 0 aliphatic heterocycles. The topological polar surface area (TPSA) is 65.2 Å². The summed E-state index contributed by atoms with van der Waals surface area (Å²) in [7, 11) is 0. The van der Waals surface area contributed by atoms with E-state index in [1.165, 1.54) is 25.7 Å². The summed E-state index contributed by atoms with van der Waals surface area (Å²) >= 11 is 1.62. The number of esters is 1. The molecule has 1 aromatic rings. The minimum absolute atomic E-state index is 0.0393. The molecular weight excluding hydrogens is 252 g/mol. The number of fused-ring (bicyclic) bond motifs is 2. The zero-order chi connectivity index (χ0) is 12.5. The van der Waals surface area contributed by atoms with Crippen molar-refractivity contribution in [2.75, 3.05) is 6.61 Å². The highest BCUT2D eigenvalue weighted by molar-refractivity contribution is 7.99. The molecule has 98 valence electrons. The molecule has 1 aromatic heterocycles. The van der Waals surface area contributed by atoms with E-state index in [2.05, 4.69) is 10.2 Å². The molecule has 5 nitrogen and oxygen atoms in total. The summed E-state index contributed by atoms with van der Waals surface area (Å²) in [5, 5.41) is 8.72. The van der Waals surface area contributed by atoms with Gasteiger partial charge in [-0.15, -0.1) is 5.10 Å². The second kappa shape index (κ2) is 4.91. The van der Waals surface area contributed by atoms with Crippen molar-refractivity contribution in [1.29, 1.82) is 0 Å². The van der Waals surface area contributed by atoms with Gasteiger partial charge in [0, 0.05) is 5.25 Å². The maximum atomic E-state index is 11.4. The highest BCUT2D eigenvalue weighted by atomic mass is 32.2. The first-order valence-electron chi connectivity index (χ1n) is 6.43. The third kappa shape index (κ3) is 2.25. The zero-order valence-corrected chi connectivity index (χ0v) is 11.1. The molecule has 2 bridgehead atoms. The third-order valence-corrected chi connectivity index (χ3v) is 5.03. The molecule has 3 rings (SSSR count). The summed E-state index contributed by atoms with van der Waals surface area (Å²) in [4.78, 5) is 11.4. The Kier molecular flexibility index (Phi) is 3.28. The van der Waals surface area contributed by atoms with Gasteiger partial charge < -0.3 is 9.15 Å². The predicted octanol–water partition coefficient (Wildman–Crippen LogP) is 2.53. The van der Waals surface area contributed by atoms with Crippen LogP contribution in [0.5, 0.6) is 0 Å². The molecule has 0 amide bonds. The molecule has 0 spiro atoms. The van der Waals surface area contributed by atoms with Crippen molar-refractivity contribution in [3.05, 3.63) is 5.89 Å². The van der Waals surface area contributed by atoms with Crippen LogP contribution < -0.4 is 0 Å². The van der Waals surface area contributed by atoms with Gasteiger partial charge in [0.15, 0.2) is 0 Å². The number of thioether (sulfide) groups is 1. The van der Waals surface area contributed by atoms with Crippen LogP contribution >= 0.6 is 11.8 Å². The van der Waals surface area contributed by atoms with Gasteiger partial charge in [0.2, 0.25) is 0 Å². The number of carbonyl (C=O) groups excluding carboxylic acids is 1. The van der Waals surface area contributed by atoms with Crippen molar-refractivity contribution in [2.45, 2.75) is 43.1 Å².